The Morgan fingerprint density at radius 2 is 0.896 bits per heavy atom. The molecule has 0 saturated heterocycles. The van der Waals surface area contributed by atoms with Crippen LogP contribution in [0.1, 0.15) is 109 Å². The third kappa shape index (κ3) is 5.95. The van der Waals surface area contributed by atoms with E-state index in [9.17, 15) is 0 Å². The number of rotatable bonds is 4. The molecule has 0 spiro atoms. The number of fused-ring (bicyclic) bond motifs is 8. The standard InChI is InChI=1S/C44H50Ge.2ClH.Hf/c1-11-29-27-33-15-13-17-37(31-19-23-35(24-20-31)43(3,4)5)39(33)41(29)45(9,10)42-30(12-2)28-34-16-14-18-38(40(34)42)32-21-25-36(26-22-32)44(6,7)8;;;/h13-28H,11-12H2,1-10H3;2*1H;/q;;;+2/p-2. The van der Waals surface area contributed by atoms with Crippen LogP contribution < -0.4 is 24.8 Å². The van der Waals surface area contributed by atoms with Crippen molar-refractivity contribution >= 4 is 22.1 Å². The summed E-state index contributed by atoms with van der Waals surface area (Å²) < 4.78 is 5.05. The summed E-state index contributed by atoms with van der Waals surface area (Å²) in [6.07, 6.45) is 2.38. The fourth-order valence-electron chi connectivity index (χ4n) is 8.81. The Bertz CT molecular complexity index is 1780. The normalized spacial score (nSPS) is 18.9. The van der Waals surface area contributed by atoms with Gasteiger partial charge >= 0.3 is 295 Å². The van der Waals surface area contributed by atoms with Gasteiger partial charge in [0, 0.05) is 0 Å². The summed E-state index contributed by atoms with van der Waals surface area (Å²) in [6, 6.07) is 33.8. The number of allylic oxidation sites excluding steroid dienone is 2. The minimum atomic E-state index is -2.85. The molecule has 0 radical (unpaired) electrons. The van der Waals surface area contributed by atoms with Crippen molar-refractivity contribution in [2.75, 3.05) is 0 Å². The van der Waals surface area contributed by atoms with Gasteiger partial charge in [0.25, 0.3) is 0 Å². The van der Waals surface area contributed by atoms with Crippen molar-refractivity contribution in [3.63, 3.8) is 0 Å². The predicted octanol–water partition coefficient (Wildman–Crippen LogP) is 6.64. The third-order valence-corrected chi connectivity index (χ3v) is 25.9. The van der Waals surface area contributed by atoms with Gasteiger partial charge < -0.3 is 24.8 Å². The van der Waals surface area contributed by atoms with Crippen molar-refractivity contribution in [2.24, 2.45) is 0 Å². The predicted molar refractivity (Wildman–Crippen MR) is 199 cm³/mol. The molecule has 1 heterocycles. The van der Waals surface area contributed by atoms with Crippen LogP contribution in [0.25, 0.3) is 31.1 Å². The van der Waals surface area contributed by atoms with E-state index in [0.717, 1.165) is 0 Å². The van der Waals surface area contributed by atoms with Crippen LogP contribution in [0.3, 0.4) is 0 Å². The van der Waals surface area contributed by atoms with Crippen LogP contribution in [-0.4, -0.2) is 13.3 Å². The van der Waals surface area contributed by atoms with Gasteiger partial charge in [-0.25, -0.2) is 0 Å². The summed E-state index contributed by atoms with van der Waals surface area (Å²) in [5.41, 5.74) is 19.2. The number of hydrogen-bond acceptors (Lipinski definition) is 0. The van der Waals surface area contributed by atoms with E-state index in [-0.39, 0.29) is 35.6 Å². The van der Waals surface area contributed by atoms with E-state index in [4.69, 9.17) is 0 Å². The average molecular weight is 901 g/mol. The molecule has 0 aromatic heterocycles. The summed E-state index contributed by atoms with van der Waals surface area (Å²) in [6.45, 7) is 18.8. The zero-order valence-electron chi connectivity index (χ0n) is 30.4. The van der Waals surface area contributed by atoms with Crippen LogP contribution in [0, 0.1) is 0 Å². The molecule has 2 aliphatic carbocycles. The maximum absolute atomic E-state index is 2.85. The summed E-state index contributed by atoms with van der Waals surface area (Å²) in [5.74, 6) is 5.51. The first-order valence-electron chi connectivity index (χ1n) is 17.5. The Hall–Kier alpha value is -1.65. The van der Waals surface area contributed by atoms with Crippen LogP contribution in [0.2, 0.25) is 11.5 Å². The topological polar surface area (TPSA) is 0 Å². The van der Waals surface area contributed by atoms with Crippen molar-refractivity contribution in [3.8, 4) is 22.3 Å². The molecule has 48 heavy (non-hydrogen) atoms. The van der Waals surface area contributed by atoms with E-state index in [1.165, 1.54) is 46.2 Å². The molecule has 1 aliphatic heterocycles. The molecule has 4 bridgehead atoms. The van der Waals surface area contributed by atoms with E-state index in [1.807, 2.05) is 20.0 Å². The van der Waals surface area contributed by atoms with E-state index in [1.54, 1.807) is 22.3 Å². The maximum Gasteiger partial charge on any atom is -1.00 e. The molecule has 7 rings (SSSR count). The molecule has 248 valence electrons. The van der Waals surface area contributed by atoms with E-state index >= 15 is 0 Å². The van der Waals surface area contributed by atoms with Crippen molar-refractivity contribution in [2.45, 2.75) is 97.9 Å². The molecule has 3 aliphatic rings. The average Bonchev–Trinajstić information content (AvgIpc) is 3.54. The molecule has 0 nitrogen and oxygen atoms in total. The van der Waals surface area contributed by atoms with Crippen LogP contribution in [0.15, 0.2) is 96.1 Å². The molecule has 0 fully saturated rings. The first kappa shape index (κ1) is 37.6. The van der Waals surface area contributed by atoms with Crippen molar-refractivity contribution in [1.29, 1.82) is 0 Å². The van der Waals surface area contributed by atoms with Crippen LogP contribution >= 0.6 is 0 Å². The Balaban J connectivity index is 0.00000225. The van der Waals surface area contributed by atoms with E-state index < -0.39 is 36.2 Å². The Morgan fingerprint density at radius 1 is 0.542 bits per heavy atom. The Kier molecular flexibility index (Phi) is 10.6. The molecular weight excluding hydrogens is 850 g/mol. The Labute approximate surface area is 316 Å². The van der Waals surface area contributed by atoms with Crippen molar-refractivity contribution in [1.82, 2.24) is 0 Å². The first-order valence-corrected chi connectivity index (χ1v) is 27.9. The Morgan fingerprint density at radius 3 is 1.21 bits per heavy atom. The van der Waals surface area contributed by atoms with Crippen molar-refractivity contribution < 1.29 is 47.7 Å². The fraction of sp³-hybridized carbons (Fsp3) is 0.364. The SMILES string of the molecule is CCC1=[C]2c3c(-c4ccc(C(C)(C)C)cc4)cccc3[CH]1[Hf+2][CH]1C(CC)=[C](c3c(-c4ccc(C(C)(C)C)cc4)cccc31)[Ge]2([CH3])[CH3].[Cl-].[Cl-]. The molecule has 0 saturated carbocycles. The summed E-state index contributed by atoms with van der Waals surface area (Å²) in [7, 11) is 0. The summed E-state index contributed by atoms with van der Waals surface area (Å²) in [5, 5.41) is 0. The van der Waals surface area contributed by atoms with Gasteiger partial charge in [-0.15, -0.1) is 0 Å². The van der Waals surface area contributed by atoms with Gasteiger partial charge in [-0.05, 0) is 0 Å². The van der Waals surface area contributed by atoms with Gasteiger partial charge in [-0.1, -0.05) is 0 Å². The largest absolute Gasteiger partial charge is 1.00 e. The second-order valence-electron chi connectivity index (χ2n) is 16.4. The minimum Gasteiger partial charge on any atom is -1.00 e. The second kappa shape index (κ2) is 13.5. The van der Waals surface area contributed by atoms with Gasteiger partial charge in [0.1, 0.15) is 0 Å². The summed E-state index contributed by atoms with van der Waals surface area (Å²) >= 11 is -4.10. The fourth-order valence-corrected chi connectivity index (χ4v) is 28.2. The van der Waals surface area contributed by atoms with E-state index in [2.05, 4.69) is 152 Å². The molecule has 4 aromatic carbocycles. The second-order valence-corrected chi connectivity index (χ2v) is 30.6. The van der Waals surface area contributed by atoms with Gasteiger partial charge in [-0.2, -0.15) is 0 Å². The smallest absolute Gasteiger partial charge is 1.00 e. The molecular formula is C44H50Cl2GeHf. The van der Waals surface area contributed by atoms with Gasteiger partial charge in [-0.3, -0.25) is 0 Å². The minimum absolute atomic E-state index is 0. The summed E-state index contributed by atoms with van der Waals surface area (Å²) in [4.78, 5) is 0. The molecule has 2 atom stereocenters. The zero-order valence-corrected chi connectivity index (χ0v) is 37.6. The zero-order chi connectivity index (χ0) is 32.8. The monoisotopic (exact) mass is 902 g/mol. The molecule has 0 N–H and O–H groups in total. The van der Waals surface area contributed by atoms with Crippen LogP contribution in [0.4, 0.5) is 0 Å². The van der Waals surface area contributed by atoms with Gasteiger partial charge in [0.2, 0.25) is 0 Å². The van der Waals surface area contributed by atoms with Gasteiger partial charge in [0.15, 0.2) is 0 Å². The van der Waals surface area contributed by atoms with Crippen molar-refractivity contribution in [3.05, 3.63) is 129 Å². The number of benzene rings is 4. The molecule has 4 aromatic rings. The number of hydrogen-bond donors (Lipinski definition) is 0. The third-order valence-electron chi connectivity index (χ3n) is 11.1. The molecule has 0 amide bonds. The van der Waals surface area contributed by atoms with E-state index in [0.29, 0.717) is 7.35 Å². The quantitative estimate of drug-likeness (QED) is 0.202. The molecule has 2 unspecified atom stereocenters. The first-order chi connectivity index (χ1) is 21.8. The molecule has 4 heteroatoms. The maximum atomic E-state index is 2.76. The van der Waals surface area contributed by atoms with Crippen LogP contribution in [0.5, 0.6) is 0 Å². The van der Waals surface area contributed by atoms with Gasteiger partial charge in [0.05, 0.1) is 0 Å². The van der Waals surface area contributed by atoms with Crippen LogP contribution in [-0.2, 0) is 33.7 Å². The number of halogens is 2.